The zero-order valence-electron chi connectivity index (χ0n) is 22.5. The van der Waals surface area contributed by atoms with Crippen molar-refractivity contribution in [1.82, 2.24) is 4.90 Å². The fraction of sp³-hybridized carbons (Fsp3) is 0.516. The monoisotopic (exact) mass is 505 g/mol. The number of benzene rings is 2. The first-order valence-corrected chi connectivity index (χ1v) is 13.6. The SMILES string of the molecule is C=C(C)C(=O)OCCCCCN1C(=O)c2cccc3c(OC4CC(C)CCC4C(C)C)ccc(c23)C1=O. The molecule has 1 saturated carbocycles. The topological polar surface area (TPSA) is 72.9 Å². The molecule has 1 heterocycles. The van der Waals surface area contributed by atoms with E-state index in [4.69, 9.17) is 9.47 Å². The molecule has 4 rings (SSSR count). The molecular formula is C31H39NO5. The van der Waals surface area contributed by atoms with Crippen molar-refractivity contribution in [2.24, 2.45) is 17.8 Å². The molecule has 0 N–H and O–H groups in total. The van der Waals surface area contributed by atoms with Crippen LogP contribution in [0, 0.1) is 17.8 Å². The van der Waals surface area contributed by atoms with Gasteiger partial charge in [-0.05, 0) is 75.0 Å². The predicted molar refractivity (Wildman–Crippen MR) is 145 cm³/mol. The number of carbonyl (C=O) groups is 3. The zero-order chi connectivity index (χ0) is 26.7. The molecule has 0 aromatic heterocycles. The van der Waals surface area contributed by atoms with Crippen LogP contribution in [0.1, 0.15) is 86.9 Å². The van der Waals surface area contributed by atoms with Crippen molar-refractivity contribution in [3.05, 3.63) is 53.6 Å². The van der Waals surface area contributed by atoms with Gasteiger partial charge in [-0.1, -0.05) is 45.9 Å². The van der Waals surface area contributed by atoms with E-state index >= 15 is 0 Å². The van der Waals surface area contributed by atoms with Crippen molar-refractivity contribution >= 4 is 28.6 Å². The predicted octanol–water partition coefficient (Wildman–Crippen LogP) is 6.57. The first-order chi connectivity index (χ1) is 17.7. The van der Waals surface area contributed by atoms with Gasteiger partial charge in [-0.3, -0.25) is 14.5 Å². The minimum atomic E-state index is -0.396. The number of amides is 2. The molecule has 2 aliphatic rings. The molecule has 6 heteroatoms. The maximum absolute atomic E-state index is 13.4. The smallest absolute Gasteiger partial charge is 0.333 e. The number of unbranched alkanes of at least 4 members (excludes halogenated alkanes) is 2. The molecule has 0 radical (unpaired) electrons. The second-order valence-electron chi connectivity index (χ2n) is 11.1. The fourth-order valence-corrected chi connectivity index (χ4v) is 5.68. The minimum absolute atomic E-state index is 0.127. The maximum Gasteiger partial charge on any atom is 0.333 e. The average Bonchev–Trinajstić information content (AvgIpc) is 2.86. The van der Waals surface area contributed by atoms with E-state index in [0.29, 0.717) is 65.8 Å². The van der Waals surface area contributed by atoms with Gasteiger partial charge in [-0.2, -0.15) is 0 Å². The van der Waals surface area contributed by atoms with Crippen molar-refractivity contribution in [1.29, 1.82) is 0 Å². The number of hydrogen-bond donors (Lipinski definition) is 0. The lowest BCUT2D eigenvalue weighted by Gasteiger charge is -2.37. The molecule has 1 fully saturated rings. The van der Waals surface area contributed by atoms with Crippen LogP contribution < -0.4 is 4.74 Å². The Kier molecular flexibility index (Phi) is 8.35. The molecular weight excluding hydrogens is 466 g/mol. The Balaban J connectivity index is 1.48. The highest BCUT2D eigenvalue weighted by molar-refractivity contribution is 6.26. The van der Waals surface area contributed by atoms with Crippen molar-refractivity contribution in [2.75, 3.05) is 13.2 Å². The first kappa shape index (κ1) is 26.9. The third-order valence-corrected chi connectivity index (χ3v) is 7.80. The summed E-state index contributed by atoms with van der Waals surface area (Å²) in [6.45, 7) is 12.6. The Bertz CT molecular complexity index is 1180. The van der Waals surface area contributed by atoms with Gasteiger partial charge in [0, 0.05) is 34.0 Å². The standard InChI is InChI=1S/C31H39NO5/c1-19(2)22-13-12-21(5)18-27(22)37-26-15-14-25-28-23(26)10-9-11-24(28)29(33)32(30(25)34)16-7-6-8-17-36-31(35)20(3)4/h9-11,14-15,19,21-22,27H,3,6-8,12-13,16-18H2,1-2,4-5H3. The van der Waals surface area contributed by atoms with Gasteiger partial charge in [0.25, 0.3) is 11.8 Å². The molecule has 0 spiro atoms. The molecule has 198 valence electrons. The molecule has 37 heavy (non-hydrogen) atoms. The van der Waals surface area contributed by atoms with E-state index in [1.165, 1.54) is 11.3 Å². The van der Waals surface area contributed by atoms with Gasteiger partial charge in [-0.25, -0.2) is 4.79 Å². The van der Waals surface area contributed by atoms with Gasteiger partial charge >= 0.3 is 5.97 Å². The van der Waals surface area contributed by atoms with Crippen LogP contribution >= 0.6 is 0 Å². The maximum atomic E-state index is 13.4. The molecule has 3 atom stereocenters. The molecule has 2 amide bonds. The number of rotatable bonds is 10. The van der Waals surface area contributed by atoms with E-state index in [-0.39, 0.29) is 17.9 Å². The average molecular weight is 506 g/mol. The number of hydrogen-bond acceptors (Lipinski definition) is 5. The molecule has 1 aliphatic heterocycles. The Morgan fingerprint density at radius 2 is 1.78 bits per heavy atom. The summed E-state index contributed by atoms with van der Waals surface area (Å²) in [4.78, 5) is 39.6. The number of carbonyl (C=O) groups excluding carboxylic acids is 3. The summed E-state index contributed by atoms with van der Waals surface area (Å²) in [6.07, 6.45) is 5.58. The van der Waals surface area contributed by atoms with E-state index in [2.05, 4.69) is 27.4 Å². The molecule has 0 bridgehead atoms. The van der Waals surface area contributed by atoms with E-state index in [1.54, 1.807) is 13.0 Å². The molecule has 0 saturated heterocycles. The van der Waals surface area contributed by atoms with Crippen molar-refractivity contribution in [3.63, 3.8) is 0 Å². The van der Waals surface area contributed by atoms with Crippen LogP contribution in [-0.4, -0.2) is 41.9 Å². The van der Waals surface area contributed by atoms with Gasteiger partial charge in [0.15, 0.2) is 0 Å². The molecule has 1 aliphatic carbocycles. The highest BCUT2D eigenvalue weighted by Crippen LogP contribution is 2.40. The van der Waals surface area contributed by atoms with Gasteiger partial charge in [0.05, 0.1) is 6.61 Å². The summed E-state index contributed by atoms with van der Waals surface area (Å²) >= 11 is 0. The number of nitrogens with zero attached hydrogens (tertiary/aromatic N) is 1. The summed E-state index contributed by atoms with van der Waals surface area (Å²) < 4.78 is 11.8. The largest absolute Gasteiger partial charge is 0.489 e. The van der Waals surface area contributed by atoms with Crippen LogP contribution in [0.15, 0.2) is 42.5 Å². The quantitative estimate of drug-likeness (QED) is 0.158. The zero-order valence-corrected chi connectivity index (χ0v) is 22.5. The van der Waals surface area contributed by atoms with Crippen molar-refractivity contribution < 1.29 is 23.9 Å². The Hall–Kier alpha value is -3.15. The van der Waals surface area contributed by atoms with Crippen LogP contribution in [0.2, 0.25) is 0 Å². The minimum Gasteiger partial charge on any atom is -0.489 e. The van der Waals surface area contributed by atoms with Gasteiger partial charge in [0.2, 0.25) is 0 Å². The lowest BCUT2D eigenvalue weighted by molar-refractivity contribution is -0.139. The summed E-state index contributed by atoms with van der Waals surface area (Å²) in [7, 11) is 0. The molecule has 2 aromatic carbocycles. The summed E-state index contributed by atoms with van der Waals surface area (Å²) in [5, 5.41) is 1.53. The highest BCUT2D eigenvalue weighted by atomic mass is 16.5. The summed E-state index contributed by atoms with van der Waals surface area (Å²) in [5.74, 6) is 1.48. The van der Waals surface area contributed by atoms with Gasteiger partial charge in [0.1, 0.15) is 11.9 Å². The van der Waals surface area contributed by atoms with Crippen molar-refractivity contribution in [2.45, 2.75) is 72.3 Å². The third-order valence-electron chi connectivity index (χ3n) is 7.80. The van der Waals surface area contributed by atoms with Crippen LogP contribution in [0.5, 0.6) is 5.75 Å². The van der Waals surface area contributed by atoms with Gasteiger partial charge < -0.3 is 9.47 Å². The number of esters is 1. The Labute approximate surface area is 220 Å². The molecule has 2 aromatic rings. The van der Waals surface area contributed by atoms with Crippen LogP contribution in [0.3, 0.4) is 0 Å². The lowest BCUT2D eigenvalue weighted by Crippen LogP contribution is -2.41. The normalized spacial score (nSPS) is 21.4. The van der Waals surface area contributed by atoms with Crippen LogP contribution in [0.4, 0.5) is 0 Å². The Morgan fingerprint density at radius 1 is 1.05 bits per heavy atom. The molecule has 6 nitrogen and oxygen atoms in total. The first-order valence-electron chi connectivity index (χ1n) is 13.6. The van der Waals surface area contributed by atoms with Crippen molar-refractivity contribution in [3.8, 4) is 5.75 Å². The lowest BCUT2D eigenvalue weighted by atomic mass is 9.75. The number of imide groups is 1. The van der Waals surface area contributed by atoms with Crippen LogP contribution in [-0.2, 0) is 9.53 Å². The summed E-state index contributed by atoms with van der Waals surface area (Å²) in [6, 6.07) is 9.35. The van der Waals surface area contributed by atoms with Gasteiger partial charge in [-0.15, -0.1) is 0 Å². The van der Waals surface area contributed by atoms with E-state index in [1.807, 2.05) is 24.3 Å². The van der Waals surface area contributed by atoms with E-state index in [9.17, 15) is 14.4 Å². The second kappa shape index (κ2) is 11.5. The number of ether oxygens (including phenoxy) is 2. The van der Waals surface area contributed by atoms with E-state index in [0.717, 1.165) is 30.4 Å². The second-order valence-corrected chi connectivity index (χ2v) is 11.1. The third kappa shape index (κ3) is 5.73. The van der Waals surface area contributed by atoms with Crippen LogP contribution in [0.25, 0.3) is 10.8 Å². The summed E-state index contributed by atoms with van der Waals surface area (Å²) in [5.41, 5.74) is 1.47. The molecule has 3 unspecified atom stereocenters. The fourth-order valence-electron chi connectivity index (χ4n) is 5.68. The Morgan fingerprint density at radius 3 is 2.49 bits per heavy atom. The highest BCUT2D eigenvalue weighted by Gasteiger charge is 2.35. The van der Waals surface area contributed by atoms with E-state index < -0.39 is 5.97 Å².